The quantitative estimate of drug-likeness (QED) is 0.736. The molecule has 0 unspecified atom stereocenters. The maximum atomic E-state index is 14.1. The summed E-state index contributed by atoms with van der Waals surface area (Å²) in [5, 5.41) is 0. The molecule has 0 aromatic heterocycles. The summed E-state index contributed by atoms with van der Waals surface area (Å²) >= 11 is 0. The molecule has 2 heterocycles. The third-order valence-corrected chi connectivity index (χ3v) is 6.54. The number of piperazine rings is 1. The van der Waals surface area contributed by atoms with Crippen molar-refractivity contribution < 1.29 is 13.9 Å². The second-order valence-electron chi connectivity index (χ2n) is 8.80. The highest BCUT2D eigenvalue weighted by Gasteiger charge is 2.25. The molecular weight excluding hydrogens is 393 g/mol. The largest absolute Gasteiger partial charge is 0.494 e. The highest BCUT2D eigenvalue weighted by molar-refractivity contribution is 5.78. The molecule has 2 aliphatic heterocycles. The molecule has 0 aliphatic carbocycles. The number of methoxy groups -OCH3 is 1. The monoisotopic (exact) mass is 425 g/mol. The number of ether oxygens (including phenoxy) is 1. The molecule has 6 heteroatoms. The van der Waals surface area contributed by atoms with Gasteiger partial charge in [-0.25, -0.2) is 4.39 Å². The summed E-state index contributed by atoms with van der Waals surface area (Å²) in [4.78, 5) is 19.5. The highest BCUT2D eigenvalue weighted by Crippen LogP contribution is 2.29. The lowest BCUT2D eigenvalue weighted by atomic mass is 9.94. The Balaban J connectivity index is 1.37. The lowest BCUT2D eigenvalue weighted by Gasteiger charge is -2.38. The fraction of sp³-hybridized carbons (Fsp3) is 0.480. The minimum Gasteiger partial charge on any atom is -0.494 e. The van der Waals surface area contributed by atoms with Crippen LogP contribution in [-0.4, -0.2) is 73.0 Å². The first-order valence-electron chi connectivity index (χ1n) is 11.1. The lowest BCUT2D eigenvalue weighted by Crippen LogP contribution is -2.53. The number of carbonyl (C=O) groups is 1. The molecule has 0 spiro atoms. The van der Waals surface area contributed by atoms with E-state index in [1.165, 1.54) is 24.3 Å². The Hall–Kier alpha value is -2.44. The van der Waals surface area contributed by atoms with E-state index in [-0.39, 0.29) is 17.5 Å². The Morgan fingerprint density at radius 3 is 2.39 bits per heavy atom. The predicted molar refractivity (Wildman–Crippen MR) is 121 cm³/mol. The maximum absolute atomic E-state index is 14.1. The van der Waals surface area contributed by atoms with Gasteiger partial charge in [0.2, 0.25) is 5.91 Å². The van der Waals surface area contributed by atoms with Crippen LogP contribution in [0.4, 0.5) is 4.39 Å². The molecule has 1 saturated heterocycles. The smallest absolute Gasteiger partial charge is 0.236 e. The van der Waals surface area contributed by atoms with Crippen LogP contribution in [0.3, 0.4) is 0 Å². The van der Waals surface area contributed by atoms with Gasteiger partial charge in [-0.3, -0.25) is 14.6 Å². The molecule has 2 aliphatic rings. The number of hydrogen-bond acceptors (Lipinski definition) is 4. The Morgan fingerprint density at radius 1 is 1.00 bits per heavy atom. The van der Waals surface area contributed by atoms with E-state index in [0.29, 0.717) is 12.6 Å². The number of amides is 1. The van der Waals surface area contributed by atoms with Crippen molar-refractivity contribution in [2.24, 2.45) is 0 Å². The van der Waals surface area contributed by atoms with E-state index in [0.717, 1.165) is 56.8 Å². The van der Waals surface area contributed by atoms with Crippen LogP contribution >= 0.6 is 0 Å². The summed E-state index contributed by atoms with van der Waals surface area (Å²) in [5.74, 6) is 0.140. The Labute approximate surface area is 184 Å². The SMILES string of the molecule is COc1ccc(-c2ccc3c(c2)CCN(CC(=O)N2CCN(C(C)C)CC2)C3)cc1F. The second-order valence-corrected chi connectivity index (χ2v) is 8.80. The van der Waals surface area contributed by atoms with Crippen LogP contribution in [0, 0.1) is 5.82 Å². The van der Waals surface area contributed by atoms with Crippen molar-refractivity contribution in [1.29, 1.82) is 0 Å². The van der Waals surface area contributed by atoms with Crippen molar-refractivity contribution in [2.45, 2.75) is 32.9 Å². The van der Waals surface area contributed by atoms with Gasteiger partial charge in [0.15, 0.2) is 11.6 Å². The Morgan fingerprint density at radius 2 is 1.71 bits per heavy atom. The second kappa shape index (κ2) is 9.37. The first-order valence-corrected chi connectivity index (χ1v) is 11.1. The summed E-state index contributed by atoms with van der Waals surface area (Å²) in [7, 11) is 1.47. The first kappa shape index (κ1) is 21.8. The van der Waals surface area contributed by atoms with Crippen molar-refractivity contribution in [3.8, 4) is 16.9 Å². The number of benzene rings is 2. The van der Waals surface area contributed by atoms with Crippen molar-refractivity contribution >= 4 is 5.91 Å². The molecule has 4 rings (SSSR count). The van der Waals surface area contributed by atoms with E-state index < -0.39 is 0 Å². The van der Waals surface area contributed by atoms with Gasteiger partial charge < -0.3 is 9.64 Å². The lowest BCUT2D eigenvalue weighted by molar-refractivity contribution is -0.134. The average molecular weight is 426 g/mol. The molecule has 0 saturated carbocycles. The molecule has 1 amide bonds. The molecule has 166 valence electrons. The van der Waals surface area contributed by atoms with Crippen LogP contribution in [0.2, 0.25) is 0 Å². The molecular formula is C25H32FN3O2. The fourth-order valence-electron chi connectivity index (χ4n) is 4.55. The number of nitrogens with zero attached hydrogens (tertiary/aromatic N) is 3. The normalized spacial score (nSPS) is 17.6. The van der Waals surface area contributed by atoms with E-state index in [4.69, 9.17) is 4.74 Å². The maximum Gasteiger partial charge on any atom is 0.236 e. The molecule has 0 N–H and O–H groups in total. The Bertz CT molecular complexity index is 938. The molecule has 1 fully saturated rings. The molecule has 0 radical (unpaired) electrons. The minimum atomic E-state index is -0.350. The van der Waals surface area contributed by atoms with Gasteiger partial charge in [0, 0.05) is 45.3 Å². The van der Waals surface area contributed by atoms with Gasteiger partial charge in [0.25, 0.3) is 0 Å². The zero-order chi connectivity index (χ0) is 22.0. The van der Waals surface area contributed by atoms with Crippen molar-refractivity contribution in [1.82, 2.24) is 14.7 Å². The number of rotatable bonds is 5. The van der Waals surface area contributed by atoms with E-state index in [9.17, 15) is 9.18 Å². The van der Waals surface area contributed by atoms with Gasteiger partial charge in [-0.2, -0.15) is 0 Å². The van der Waals surface area contributed by atoms with Gasteiger partial charge >= 0.3 is 0 Å². The van der Waals surface area contributed by atoms with Crippen LogP contribution in [0.15, 0.2) is 36.4 Å². The molecule has 0 bridgehead atoms. The van der Waals surface area contributed by atoms with Crippen LogP contribution in [0.5, 0.6) is 5.75 Å². The van der Waals surface area contributed by atoms with Crippen LogP contribution in [0.1, 0.15) is 25.0 Å². The van der Waals surface area contributed by atoms with Crippen molar-refractivity contribution in [2.75, 3.05) is 46.4 Å². The molecule has 31 heavy (non-hydrogen) atoms. The third-order valence-electron chi connectivity index (χ3n) is 6.54. The van der Waals surface area contributed by atoms with Gasteiger partial charge in [0.05, 0.1) is 13.7 Å². The standard InChI is InChI=1S/C25H32FN3O2/c1-18(2)28-10-12-29(13-11-28)25(30)17-27-9-8-21-14-19(4-5-22(21)16-27)20-6-7-24(31-3)23(26)15-20/h4-7,14-15,18H,8-13,16-17H2,1-3H3. The van der Waals surface area contributed by atoms with E-state index in [1.807, 2.05) is 17.0 Å². The summed E-state index contributed by atoms with van der Waals surface area (Å²) < 4.78 is 19.1. The van der Waals surface area contributed by atoms with E-state index in [2.05, 4.69) is 35.8 Å². The summed E-state index contributed by atoms with van der Waals surface area (Å²) in [6.07, 6.45) is 0.899. The van der Waals surface area contributed by atoms with Crippen molar-refractivity contribution in [3.05, 3.63) is 53.3 Å². The van der Waals surface area contributed by atoms with Gasteiger partial charge in [-0.1, -0.05) is 24.3 Å². The molecule has 5 nitrogen and oxygen atoms in total. The number of fused-ring (bicyclic) bond motifs is 1. The summed E-state index contributed by atoms with van der Waals surface area (Å²) in [5.41, 5.74) is 4.39. The molecule has 0 atom stereocenters. The van der Waals surface area contributed by atoms with Crippen LogP contribution in [0.25, 0.3) is 11.1 Å². The zero-order valence-corrected chi connectivity index (χ0v) is 18.7. The van der Waals surface area contributed by atoms with E-state index >= 15 is 0 Å². The third kappa shape index (κ3) is 4.91. The number of halogens is 1. The average Bonchev–Trinajstić information content (AvgIpc) is 2.78. The summed E-state index contributed by atoms with van der Waals surface area (Å²) in [6, 6.07) is 11.9. The number of carbonyl (C=O) groups excluding carboxylic acids is 1. The van der Waals surface area contributed by atoms with Crippen LogP contribution < -0.4 is 4.74 Å². The molecule has 2 aromatic carbocycles. The van der Waals surface area contributed by atoms with Gasteiger partial charge in [-0.05, 0) is 54.7 Å². The summed E-state index contributed by atoms with van der Waals surface area (Å²) in [6.45, 7) is 10.1. The van der Waals surface area contributed by atoms with E-state index in [1.54, 1.807) is 6.07 Å². The predicted octanol–water partition coefficient (Wildman–Crippen LogP) is 3.41. The van der Waals surface area contributed by atoms with Gasteiger partial charge in [-0.15, -0.1) is 0 Å². The van der Waals surface area contributed by atoms with Crippen molar-refractivity contribution in [3.63, 3.8) is 0 Å². The van der Waals surface area contributed by atoms with Crippen LogP contribution in [-0.2, 0) is 17.8 Å². The first-order chi connectivity index (χ1) is 14.9. The zero-order valence-electron chi connectivity index (χ0n) is 18.7. The minimum absolute atomic E-state index is 0.234. The molecule has 2 aromatic rings. The van der Waals surface area contributed by atoms with Gasteiger partial charge in [0.1, 0.15) is 0 Å². The number of hydrogen-bond donors (Lipinski definition) is 0. The topological polar surface area (TPSA) is 36.0 Å². The highest BCUT2D eigenvalue weighted by atomic mass is 19.1. The fourth-order valence-corrected chi connectivity index (χ4v) is 4.55. The Kier molecular flexibility index (Phi) is 6.58.